The molecular formula is C31H30ClN5O3. The molecule has 1 saturated heterocycles. The van der Waals surface area contributed by atoms with Gasteiger partial charge in [-0.05, 0) is 41.5 Å². The van der Waals surface area contributed by atoms with E-state index in [1.54, 1.807) is 12.5 Å². The molecule has 40 heavy (non-hydrogen) atoms. The number of piperidine rings is 1. The molecule has 4 heterocycles. The number of nitrogens with one attached hydrogen (secondary N) is 1. The number of hydrogen-bond donors (Lipinski definition) is 2. The lowest BCUT2D eigenvalue weighted by molar-refractivity contribution is -0.136. The van der Waals surface area contributed by atoms with Crippen molar-refractivity contribution in [2.75, 3.05) is 23.3 Å². The first-order valence-electron chi connectivity index (χ1n) is 13.4. The number of rotatable bonds is 7. The molecule has 2 N–H and O–H groups in total. The van der Waals surface area contributed by atoms with Crippen LogP contribution in [-0.2, 0) is 17.8 Å². The predicted molar refractivity (Wildman–Crippen MR) is 158 cm³/mol. The highest BCUT2D eigenvalue weighted by atomic mass is 35.5. The molecule has 0 radical (unpaired) electrons. The number of pyridine rings is 1. The lowest BCUT2D eigenvalue weighted by atomic mass is 9.82. The van der Waals surface area contributed by atoms with E-state index in [0.29, 0.717) is 23.5 Å². The molecule has 0 atom stereocenters. The van der Waals surface area contributed by atoms with Gasteiger partial charge in [-0.25, -0.2) is 15.0 Å². The Morgan fingerprint density at radius 1 is 1.07 bits per heavy atom. The second-order valence-corrected chi connectivity index (χ2v) is 11.4. The lowest BCUT2D eigenvalue weighted by Crippen LogP contribution is -2.38. The van der Waals surface area contributed by atoms with Crippen molar-refractivity contribution in [1.29, 1.82) is 0 Å². The smallest absolute Gasteiger partial charge is 0.308 e. The number of furan rings is 1. The average molecular weight is 556 g/mol. The number of carbonyl (C=O) groups is 1. The van der Waals surface area contributed by atoms with E-state index in [9.17, 15) is 9.90 Å². The molecule has 2 aromatic carbocycles. The van der Waals surface area contributed by atoms with Gasteiger partial charge in [-0.3, -0.25) is 4.79 Å². The van der Waals surface area contributed by atoms with Crippen LogP contribution in [0.2, 0.25) is 5.15 Å². The van der Waals surface area contributed by atoms with E-state index in [-0.39, 0.29) is 17.0 Å². The molecule has 0 aliphatic carbocycles. The summed E-state index contributed by atoms with van der Waals surface area (Å²) in [5.41, 5.74) is 6.79. The third kappa shape index (κ3) is 5.07. The largest absolute Gasteiger partial charge is 0.481 e. The Balaban J connectivity index is 1.28. The fourth-order valence-electron chi connectivity index (χ4n) is 5.37. The molecule has 0 unspecified atom stereocenters. The summed E-state index contributed by atoms with van der Waals surface area (Å²) in [6.45, 7) is 6.77. The topological polar surface area (TPSA) is 104 Å². The van der Waals surface area contributed by atoms with Crippen LogP contribution in [0.4, 0.5) is 11.5 Å². The summed E-state index contributed by atoms with van der Waals surface area (Å²) in [5.74, 6) is -0.287. The number of carboxylic acids is 1. The van der Waals surface area contributed by atoms with Crippen LogP contribution in [0.25, 0.3) is 33.2 Å². The normalized spacial score (nSPS) is 15.0. The van der Waals surface area contributed by atoms with Gasteiger partial charge >= 0.3 is 5.97 Å². The Bertz CT molecular complexity index is 1700. The molecule has 0 amide bonds. The molecule has 5 aromatic rings. The quantitative estimate of drug-likeness (QED) is 0.208. The second kappa shape index (κ2) is 10.4. The maximum atomic E-state index is 11.7. The maximum Gasteiger partial charge on any atom is 0.308 e. The van der Waals surface area contributed by atoms with Crippen molar-refractivity contribution in [2.45, 2.75) is 39.7 Å². The first-order valence-corrected chi connectivity index (χ1v) is 13.8. The van der Waals surface area contributed by atoms with Crippen LogP contribution in [-0.4, -0.2) is 39.1 Å². The van der Waals surface area contributed by atoms with Gasteiger partial charge in [-0.2, -0.15) is 0 Å². The van der Waals surface area contributed by atoms with Crippen LogP contribution >= 0.6 is 11.6 Å². The van der Waals surface area contributed by atoms with E-state index in [1.807, 2.05) is 48.5 Å². The van der Waals surface area contributed by atoms with E-state index in [4.69, 9.17) is 16.0 Å². The third-order valence-electron chi connectivity index (χ3n) is 7.74. The number of nitrogens with zero attached hydrogens (tertiary/aromatic N) is 4. The predicted octanol–water partition coefficient (Wildman–Crippen LogP) is 6.96. The summed E-state index contributed by atoms with van der Waals surface area (Å²) in [6.07, 6.45) is 5.17. The van der Waals surface area contributed by atoms with Crippen LogP contribution in [0.1, 0.15) is 37.8 Å². The summed E-state index contributed by atoms with van der Waals surface area (Å²) >= 11 is 6.47. The summed E-state index contributed by atoms with van der Waals surface area (Å²) in [7, 11) is 0. The number of benzene rings is 2. The van der Waals surface area contributed by atoms with Gasteiger partial charge < -0.3 is 19.7 Å². The zero-order valence-electron chi connectivity index (χ0n) is 22.4. The van der Waals surface area contributed by atoms with Gasteiger partial charge in [0, 0.05) is 42.3 Å². The summed E-state index contributed by atoms with van der Waals surface area (Å²) in [4.78, 5) is 27.2. The summed E-state index contributed by atoms with van der Waals surface area (Å²) < 4.78 is 6.03. The highest BCUT2D eigenvalue weighted by Gasteiger charge is 2.29. The van der Waals surface area contributed by atoms with Crippen molar-refractivity contribution in [1.82, 2.24) is 15.0 Å². The molecule has 9 heteroatoms. The molecule has 3 aromatic heterocycles. The molecule has 0 bridgehead atoms. The van der Waals surface area contributed by atoms with Gasteiger partial charge in [0.25, 0.3) is 0 Å². The highest BCUT2D eigenvalue weighted by Crippen LogP contribution is 2.41. The lowest BCUT2D eigenvalue weighted by Gasteiger charge is -2.40. The fourth-order valence-corrected chi connectivity index (χ4v) is 5.58. The molecular weight excluding hydrogens is 526 g/mol. The Kier molecular flexibility index (Phi) is 6.80. The Hall–Kier alpha value is -4.17. The molecule has 0 saturated carbocycles. The number of hydrogen-bond acceptors (Lipinski definition) is 7. The zero-order chi connectivity index (χ0) is 27.9. The number of para-hydroxylation sites is 1. The first-order chi connectivity index (χ1) is 19.3. The third-order valence-corrected chi connectivity index (χ3v) is 8.07. The van der Waals surface area contributed by atoms with Gasteiger partial charge in [0.15, 0.2) is 11.4 Å². The van der Waals surface area contributed by atoms with Crippen molar-refractivity contribution < 1.29 is 14.3 Å². The number of carboxylic acid groups (broad SMARTS) is 1. The fraction of sp³-hybridized carbons (Fsp3) is 0.290. The highest BCUT2D eigenvalue weighted by molar-refractivity contribution is 6.31. The van der Waals surface area contributed by atoms with Crippen LogP contribution in [0.5, 0.6) is 0 Å². The first kappa shape index (κ1) is 26.1. The Labute approximate surface area is 237 Å². The average Bonchev–Trinajstić information content (AvgIpc) is 3.33. The molecule has 1 aliphatic rings. The van der Waals surface area contributed by atoms with Crippen molar-refractivity contribution in [3.05, 3.63) is 77.3 Å². The summed E-state index contributed by atoms with van der Waals surface area (Å²) in [5, 5.41) is 14.2. The minimum Gasteiger partial charge on any atom is -0.481 e. The SMILES string of the molecule is CC1(C)CCN(c2c(-c3ccc(CNc4ncnc5c4oc4ccccc45)cc3)cnc(Cl)c2CC(=O)O)CC1. The van der Waals surface area contributed by atoms with Gasteiger partial charge in [0.2, 0.25) is 0 Å². The molecule has 6 rings (SSSR count). The van der Waals surface area contributed by atoms with Gasteiger partial charge in [0.05, 0.1) is 12.1 Å². The number of aromatic nitrogens is 3. The molecule has 204 valence electrons. The van der Waals surface area contributed by atoms with Crippen molar-refractivity contribution in [2.24, 2.45) is 5.41 Å². The molecule has 1 fully saturated rings. The minimum absolute atomic E-state index is 0.175. The van der Waals surface area contributed by atoms with Crippen molar-refractivity contribution in [3.8, 4) is 11.1 Å². The van der Waals surface area contributed by atoms with Crippen LogP contribution in [0.3, 0.4) is 0 Å². The monoisotopic (exact) mass is 555 g/mol. The molecule has 8 nitrogen and oxygen atoms in total. The van der Waals surface area contributed by atoms with Gasteiger partial charge in [-0.1, -0.05) is 61.8 Å². The maximum absolute atomic E-state index is 11.7. The van der Waals surface area contributed by atoms with E-state index < -0.39 is 5.97 Å². The van der Waals surface area contributed by atoms with Gasteiger partial charge in [-0.15, -0.1) is 0 Å². The molecule has 1 aliphatic heterocycles. The standard InChI is InChI=1S/C31H30ClN5O3/c1-31(2)11-13-37(14-12-31)27-22(15-25(38)39)29(32)33-17-23(27)20-9-7-19(8-10-20)16-34-30-28-26(35-18-36-30)21-5-3-4-6-24(21)40-28/h3-10,17-18H,11-16H2,1-2H3,(H,38,39)(H,34,35,36). The van der Waals surface area contributed by atoms with E-state index in [1.165, 1.54) is 0 Å². The number of aliphatic carboxylic acids is 1. The number of anilines is 2. The van der Waals surface area contributed by atoms with Crippen LogP contribution < -0.4 is 10.2 Å². The van der Waals surface area contributed by atoms with E-state index in [2.05, 4.69) is 39.0 Å². The number of fused-ring (bicyclic) bond motifs is 3. The van der Waals surface area contributed by atoms with Gasteiger partial charge in [0.1, 0.15) is 22.6 Å². The van der Waals surface area contributed by atoms with Crippen LogP contribution in [0.15, 0.2) is 65.5 Å². The van der Waals surface area contributed by atoms with E-state index >= 15 is 0 Å². The zero-order valence-corrected chi connectivity index (χ0v) is 23.2. The second-order valence-electron chi connectivity index (χ2n) is 11.1. The number of halogens is 1. The van der Waals surface area contributed by atoms with E-state index in [0.717, 1.165) is 64.8 Å². The molecule has 0 spiro atoms. The Morgan fingerprint density at radius 3 is 2.58 bits per heavy atom. The minimum atomic E-state index is -0.927. The Morgan fingerprint density at radius 2 is 1.82 bits per heavy atom. The van der Waals surface area contributed by atoms with Crippen LogP contribution in [0, 0.1) is 5.41 Å². The van der Waals surface area contributed by atoms with Crippen molar-refractivity contribution in [3.63, 3.8) is 0 Å². The van der Waals surface area contributed by atoms with Crippen molar-refractivity contribution >= 4 is 51.1 Å². The summed E-state index contributed by atoms with van der Waals surface area (Å²) in [6, 6.07) is 16.0.